The van der Waals surface area contributed by atoms with Gasteiger partial charge in [0.1, 0.15) is 11.2 Å². The Labute approximate surface area is 200 Å². The first kappa shape index (κ1) is 29.5. The third kappa shape index (κ3) is 15.0. The summed E-state index contributed by atoms with van der Waals surface area (Å²) in [6.07, 6.45) is 0.492. The molecule has 176 valence electrons. The maximum absolute atomic E-state index is 11.8. The number of rotatable bonds is 5. The SMILES string of the molecule is CC(C)(C)OC(=N)C(Cl)(Cl)Cl.COC(=O)[C@@H](CC(=O)OC(C)(C)C)Cc1ccccc1. The number of benzene rings is 1. The first-order valence-electron chi connectivity index (χ1n) is 9.63. The molecule has 0 unspecified atom stereocenters. The molecule has 9 heteroatoms. The zero-order valence-corrected chi connectivity index (χ0v) is 21.3. The molecular weight excluding hydrogens is 465 g/mol. The van der Waals surface area contributed by atoms with Crippen LogP contribution in [0.2, 0.25) is 0 Å². The van der Waals surface area contributed by atoms with Crippen molar-refractivity contribution in [3.05, 3.63) is 35.9 Å². The predicted molar refractivity (Wildman–Crippen MR) is 125 cm³/mol. The number of esters is 2. The number of carbonyl (C=O) groups excluding carboxylic acids is 2. The summed E-state index contributed by atoms with van der Waals surface area (Å²) in [6, 6.07) is 9.55. The van der Waals surface area contributed by atoms with Gasteiger partial charge in [-0.3, -0.25) is 15.0 Å². The topological polar surface area (TPSA) is 85.7 Å². The van der Waals surface area contributed by atoms with E-state index in [0.29, 0.717) is 6.42 Å². The largest absolute Gasteiger partial charge is 0.472 e. The van der Waals surface area contributed by atoms with Crippen molar-refractivity contribution in [2.75, 3.05) is 7.11 Å². The van der Waals surface area contributed by atoms with Crippen LogP contribution in [0, 0.1) is 11.3 Å². The molecule has 1 aromatic carbocycles. The molecule has 1 rings (SSSR count). The van der Waals surface area contributed by atoms with Crippen LogP contribution in [0.5, 0.6) is 0 Å². The van der Waals surface area contributed by atoms with E-state index < -0.39 is 20.9 Å². The number of methoxy groups -OCH3 is 1. The van der Waals surface area contributed by atoms with Gasteiger partial charge in [0.25, 0.3) is 3.79 Å². The van der Waals surface area contributed by atoms with Gasteiger partial charge in [-0.1, -0.05) is 65.1 Å². The summed E-state index contributed by atoms with van der Waals surface area (Å²) in [5.41, 5.74) is -0.0580. The second kappa shape index (κ2) is 12.5. The van der Waals surface area contributed by atoms with Gasteiger partial charge in [-0.25, -0.2) is 0 Å². The minimum Gasteiger partial charge on any atom is -0.472 e. The lowest BCUT2D eigenvalue weighted by Crippen LogP contribution is -2.31. The summed E-state index contributed by atoms with van der Waals surface area (Å²) < 4.78 is 13.3. The van der Waals surface area contributed by atoms with Crippen LogP contribution >= 0.6 is 34.8 Å². The number of alkyl halides is 3. The number of hydrogen-bond acceptors (Lipinski definition) is 6. The number of ether oxygens (including phenoxy) is 3. The van der Waals surface area contributed by atoms with Crippen LogP contribution in [0.15, 0.2) is 30.3 Å². The maximum Gasteiger partial charge on any atom is 0.309 e. The minimum absolute atomic E-state index is 0.0266. The highest BCUT2D eigenvalue weighted by Gasteiger charge is 2.31. The van der Waals surface area contributed by atoms with Crippen molar-refractivity contribution in [2.45, 2.75) is 69.4 Å². The van der Waals surface area contributed by atoms with Gasteiger partial charge in [-0.05, 0) is 53.5 Å². The van der Waals surface area contributed by atoms with E-state index in [1.807, 2.05) is 30.3 Å². The van der Waals surface area contributed by atoms with Crippen LogP contribution in [0.25, 0.3) is 0 Å². The molecule has 0 fully saturated rings. The summed E-state index contributed by atoms with van der Waals surface area (Å²) in [5, 5.41) is 7.18. The summed E-state index contributed by atoms with van der Waals surface area (Å²) >= 11 is 16.1. The van der Waals surface area contributed by atoms with Crippen LogP contribution in [0.1, 0.15) is 53.5 Å². The maximum atomic E-state index is 11.8. The molecule has 1 aromatic rings. The van der Waals surface area contributed by atoms with E-state index in [1.54, 1.807) is 41.5 Å². The zero-order valence-electron chi connectivity index (χ0n) is 19.1. The molecule has 6 nitrogen and oxygen atoms in total. The summed E-state index contributed by atoms with van der Waals surface area (Å²) in [5.74, 6) is -1.64. The van der Waals surface area contributed by atoms with Crippen LogP contribution in [0.3, 0.4) is 0 Å². The molecular formula is C22H32Cl3NO5. The van der Waals surface area contributed by atoms with Gasteiger partial charge >= 0.3 is 11.9 Å². The molecule has 0 spiro atoms. The van der Waals surface area contributed by atoms with Crippen molar-refractivity contribution in [2.24, 2.45) is 5.92 Å². The Bertz CT molecular complexity index is 719. The fourth-order valence-electron chi connectivity index (χ4n) is 2.25. The van der Waals surface area contributed by atoms with E-state index in [0.717, 1.165) is 5.56 Å². The van der Waals surface area contributed by atoms with Gasteiger partial charge in [0.05, 0.1) is 19.4 Å². The molecule has 0 saturated heterocycles. The Morgan fingerprint density at radius 3 is 1.77 bits per heavy atom. The fraction of sp³-hybridized carbons (Fsp3) is 0.591. The van der Waals surface area contributed by atoms with Crippen molar-refractivity contribution in [3.8, 4) is 0 Å². The molecule has 0 aliphatic rings. The fourth-order valence-corrected chi connectivity index (χ4v) is 2.37. The van der Waals surface area contributed by atoms with Crippen molar-refractivity contribution in [3.63, 3.8) is 0 Å². The van der Waals surface area contributed by atoms with Gasteiger partial charge < -0.3 is 14.2 Å². The molecule has 0 aliphatic carbocycles. The lowest BCUT2D eigenvalue weighted by molar-refractivity contribution is -0.160. The second-order valence-corrected chi connectivity index (χ2v) is 11.0. The molecule has 1 N–H and O–H groups in total. The summed E-state index contributed by atoms with van der Waals surface area (Å²) in [4.78, 5) is 23.6. The van der Waals surface area contributed by atoms with E-state index >= 15 is 0 Å². The number of hydrogen-bond donors (Lipinski definition) is 1. The van der Waals surface area contributed by atoms with E-state index in [4.69, 9.17) is 54.4 Å². The van der Waals surface area contributed by atoms with E-state index in [1.165, 1.54) is 7.11 Å². The number of halogens is 3. The van der Waals surface area contributed by atoms with Crippen LogP contribution < -0.4 is 0 Å². The van der Waals surface area contributed by atoms with Crippen LogP contribution in [-0.4, -0.2) is 39.9 Å². The molecule has 0 radical (unpaired) electrons. The van der Waals surface area contributed by atoms with Crippen molar-refractivity contribution < 1.29 is 23.8 Å². The van der Waals surface area contributed by atoms with Gasteiger partial charge in [0.2, 0.25) is 5.90 Å². The first-order valence-corrected chi connectivity index (χ1v) is 10.8. The predicted octanol–water partition coefficient (Wildman–Crippen LogP) is 5.90. The highest BCUT2D eigenvalue weighted by molar-refractivity contribution is 6.76. The quantitative estimate of drug-likeness (QED) is 0.237. The molecule has 0 heterocycles. The van der Waals surface area contributed by atoms with Gasteiger partial charge in [0, 0.05) is 0 Å². The van der Waals surface area contributed by atoms with Crippen molar-refractivity contribution in [1.82, 2.24) is 0 Å². The van der Waals surface area contributed by atoms with Gasteiger partial charge in [-0.2, -0.15) is 0 Å². The number of nitrogens with one attached hydrogen (secondary N) is 1. The van der Waals surface area contributed by atoms with Crippen LogP contribution in [-0.2, 0) is 30.2 Å². The minimum atomic E-state index is -1.76. The van der Waals surface area contributed by atoms with Crippen molar-refractivity contribution in [1.29, 1.82) is 5.41 Å². The Morgan fingerprint density at radius 2 is 1.42 bits per heavy atom. The lowest BCUT2D eigenvalue weighted by atomic mass is 9.96. The van der Waals surface area contributed by atoms with E-state index in [9.17, 15) is 9.59 Å². The highest BCUT2D eigenvalue weighted by Crippen LogP contribution is 2.29. The molecule has 0 bridgehead atoms. The summed E-state index contributed by atoms with van der Waals surface area (Å²) in [6.45, 7) is 10.7. The standard InChI is InChI=1S/C16H22O4.C6H10Cl3NO/c1-16(2,3)20-14(17)11-13(15(18)19-4)10-12-8-6-5-7-9-12;1-5(2,3)11-4(10)6(7,8)9/h5-9,13H,10-11H2,1-4H3;10H,1-3H3/t13-;/m1./s1. The second-order valence-electron chi connectivity index (χ2n) is 8.74. The Balaban J connectivity index is 0.000000695. The molecule has 0 aromatic heterocycles. The van der Waals surface area contributed by atoms with Crippen LogP contribution in [0.4, 0.5) is 0 Å². The number of carbonyl (C=O) groups is 2. The third-order valence-corrected chi connectivity index (χ3v) is 3.87. The van der Waals surface area contributed by atoms with E-state index in [2.05, 4.69) is 0 Å². The Hall–Kier alpha value is -1.50. The first-order chi connectivity index (χ1) is 13.9. The Morgan fingerprint density at radius 1 is 0.935 bits per heavy atom. The Kier molecular flexibility index (Phi) is 11.9. The van der Waals surface area contributed by atoms with Gasteiger partial charge in [-0.15, -0.1) is 0 Å². The molecule has 0 aliphatic heterocycles. The van der Waals surface area contributed by atoms with Crippen molar-refractivity contribution >= 4 is 52.6 Å². The molecule has 31 heavy (non-hydrogen) atoms. The molecule has 0 saturated carbocycles. The average Bonchev–Trinajstić information content (AvgIpc) is 2.58. The average molecular weight is 497 g/mol. The molecule has 1 atom stereocenters. The highest BCUT2D eigenvalue weighted by atomic mass is 35.6. The normalized spacial score (nSPS) is 12.7. The lowest BCUT2D eigenvalue weighted by Gasteiger charge is -2.24. The van der Waals surface area contributed by atoms with E-state index in [-0.39, 0.29) is 24.3 Å². The van der Waals surface area contributed by atoms with Gasteiger partial charge in [0.15, 0.2) is 0 Å². The third-order valence-electron chi connectivity index (χ3n) is 3.36. The zero-order chi connectivity index (χ0) is 24.5. The smallest absolute Gasteiger partial charge is 0.309 e. The monoisotopic (exact) mass is 495 g/mol. The molecule has 0 amide bonds. The summed E-state index contributed by atoms with van der Waals surface area (Å²) in [7, 11) is 1.33.